The van der Waals surface area contributed by atoms with E-state index in [9.17, 15) is 0 Å². The summed E-state index contributed by atoms with van der Waals surface area (Å²) in [6.45, 7) is 9.39. The van der Waals surface area contributed by atoms with Crippen molar-refractivity contribution in [2.24, 2.45) is 0 Å². The van der Waals surface area contributed by atoms with Gasteiger partial charge in [-0.3, -0.25) is 0 Å². The molecule has 1 aromatic rings. The normalized spacial score (nSPS) is 11.4. The zero-order valence-electron chi connectivity index (χ0n) is 11.7. The first-order valence-corrected chi connectivity index (χ1v) is 6.37. The Kier molecular flexibility index (Phi) is 4.86. The molecule has 0 aromatic heterocycles. The van der Waals surface area contributed by atoms with Crippen LogP contribution in [0.1, 0.15) is 46.1 Å². The lowest BCUT2D eigenvalue weighted by atomic mass is 9.79. The van der Waals surface area contributed by atoms with Crippen LogP contribution < -0.4 is 9.47 Å². The van der Waals surface area contributed by atoms with Crippen molar-refractivity contribution in [2.45, 2.75) is 46.0 Å². The van der Waals surface area contributed by atoms with Gasteiger partial charge in [0, 0.05) is 5.56 Å². The summed E-state index contributed by atoms with van der Waals surface area (Å²) in [4.78, 5) is 0. The van der Waals surface area contributed by atoms with Crippen molar-refractivity contribution in [1.29, 1.82) is 0 Å². The second-order valence-electron chi connectivity index (χ2n) is 4.90. The van der Waals surface area contributed by atoms with Crippen LogP contribution in [0.2, 0.25) is 0 Å². The van der Waals surface area contributed by atoms with Gasteiger partial charge in [0.1, 0.15) is 11.5 Å². The molecule has 0 bridgehead atoms. The topological polar surface area (TPSA) is 18.5 Å². The van der Waals surface area contributed by atoms with Crippen LogP contribution in [0.25, 0.3) is 0 Å². The summed E-state index contributed by atoms with van der Waals surface area (Å²) in [5.74, 6) is 1.87. The molecule has 0 aliphatic carbocycles. The van der Waals surface area contributed by atoms with E-state index in [1.807, 2.05) is 25.1 Å². The molecule has 2 nitrogen and oxygen atoms in total. The summed E-state index contributed by atoms with van der Waals surface area (Å²) >= 11 is 0. The van der Waals surface area contributed by atoms with Crippen LogP contribution in [-0.2, 0) is 5.41 Å². The maximum Gasteiger partial charge on any atom is 0.126 e. The fourth-order valence-electron chi connectivity index (χ4n) is 2.37. The molecule has 2 heteroatoms. The molecule has 0 aliphatic heterocycles. The van der Waals surface area contributed by atoms with Crippen LogP contribution >= 0.6 is 0 Å². The van der Waals surface area contributed by atoms with E-state index in [0.29, 0.717) is 6.61 Å². The lowest BCUT2D eigenvalue weighted by molar-refractivity contribution is 0.314. The van der Waals surface area contributed by atoms with Crippen LogP contribution in [0.3, 0.4) is 0 Å². The highest BCUT2D eigenvalue weighted by Gasteiger charge is 2.27. The molecule has 1 rings (SSSR count). The van der Waals surface area contributed by atoms with Gasteiger partial charge in [-0.1, -0.05) is 33.3 Å². The molecule has 0 radical (unpaired) electrons. The van der Waals surface area contributed by atoms with Crippen molar-refractivity contribution < 1.29 is 9.47 Å². The lowest BCUT2D eigenvalue weighted by Gasteiger charge is -2.28. The third-order valence-electron chi connectivity index (χ3n) is 3.06. The molecular formula is C15H24O2. The second kappa shape index (κ2) is 5.95. The maximum absolute atomic E-state index is 5.73. The molecule has 1 aromatic carbocycles. The minimum Gasteiger partial charge on any atom is -0.496 e. The Labute approximate surface area is 105 Å². The number of rotatable bonds is 6. The third kappa shape index (κ3) is 3.15. The molecule has 0 saturated heterocycles. The maximum atomic E-state index is 5.73. The van der Waals surface area contributed by atoms with Crippen molar-refractivity contribution in [2.75, 3.05) is 13.7 Å². The van der Waals surface area contributed by atoms with Gasteiger partial charge in [0.25, 0.3) is 0 Å². The van der Waals surface area contributed by atoms with Gasteiger partial charge in [0.05, 0.1) is 13.7 Å². The van der Waals surface area contributed by atoms with Gasteiger partial charge in [-0.05, 0) is 30.9 Å². The van der Waals surface area contributed by atoms with E-state index >= 15 is 0 Å². The van der Waals surface area contributed by atoms with Crippen LogP contribution in [0, 0.1) is 0 Å². The molecule has 0 aliphatic rings. The quantitative estimate of drug-likeness (QED) is 0.738. The number of hydrogen-bond acceptors (Lipinski definition) is 2. The minimum atomic E-state index is 0.0753. The Morgan fingerprint density at radius 3 is 2.29 bits per heavy atom. The van der Waals surface area contributed by atoms with Crippen LogP contribution in [0.5, 0.6) is 11.5 Å². The summed E-state index contributed by atoms with van der Waals surface area (Å²) in [6.07, 6.45) is 2.27. The Hall–Kier alpha value is -1.18. The highest BCUT2D eigenvalue weighted by Crippen LogP contribution is 2.41. The van der Waals surface area contributed by atoms with Gasteiger partial charge in [0.2, 0.25) is 0 Å². The molecular weight excluding hydrogens is 212 g/mol. The zero-order chi connectivity index (χ0) is 12.9. The Bertz CT molecular complexity index is 356. The average Bonchev–Trinajstić information content (AvgIpc) is 2.28. The van der Waals surface area contributed by atoms with Gasteiger partial charge in [-0.25, -0.2) is 0 Å². The van der Waals surface area contributed by atoms with E-state index in [2.05, 4.69) is 20.8 Å². The molecule has 17 heavy (non-hydrogen) atoms. The smallest absolute Gasteiger partial charge is 0.126 e. The summed E-state index contributed by atoms with van der Waals surface area (Å²) in [7, 11) is 1.72. The molecule has 0 amide bonds. The Morgan fingerprint density at radius 2 is 1.76 bits per heavy atom. The number of benzene rings is 1. The highest BCUT2D eigenvalue weighted by atomic mass is 16.5. The predicted octanol–water partition coefficient (Wildman–Crippen LogP) is 4.17. The van der Waals surface area contributed by atoms with Crippen molar-refractivity contribution in [3.05, 3.63) is 23.8 Å². The zero-order valence-corrected chi connectivity index (χ0v) is 11.7. The first kappa shape index (κ1) is 13.9. The summed E-state index contributed by atoms with van der Waals surface area (Å²) < 4.78 is 11.2. The highest BCUT2D eigenvalue weighted by molar-refractivity contribution is 5.49. The van der Waals surface area contributed by atoms with Crippen molar-refractivity contribution in [3.8, 4) is 11.5 Å². The second-order valence-corrected chi connectivity index (χ2v) is 4.90. The van der Waals surface area contributed by atoms with E-state index in [0.717, 1.165) is 24.3 Å². The first-order valence-electron chi connectivity index (χ1n) is 6.37. The lowest BCUT2D eigenvalue weighted by Crippen LogP contribution is -2.19. The van der Waals surface area contributed by atoms with E-state index in [1.165, 1.54) is 5.56 Å². The molecule has 0 saturated carbocycles. The standard InChI is InChI=1S/C15H24O2/c1-6-11-15(3,4)14-12(16-5)9-8-10-13(14)17-7-2/h8-10H,6-7,11H2,1-5H3. The van der Waals surface area contributed by atoms with Crippen LogP contribution in [0.15, 0.2) is 18.2 Å². The minimum absolute atomic E-state index is 0.0753. The summed E-state index contributed by atoms with van der Waals surface area (Å²) in [5, 5.41) is 0. The van der Waals surface area contributed by atoms with E-state index in [1.54, 1.807) is 7.11 Å². The van der Waals surface area contributed by atoms with Crippen LogP contribution in [0.4, 0.5) is 0 Å². The first-order chi connectivity index (χ1) is 8.06. The van der Waals surface area contributed by atoms with Gasteiger partial charge in [-0.15, -0.1) is 0 Å². The molecule has 0 fully saturated rings. The number of methoxy groups -OCH3 is 1. The van der Waals surface area contributed by atoms with E-state index in [-0.39, 0.29) is 5.41 Å². The molecule has 0 unspecified atom stereocenters. The number of hydrogen-bond donors (Lipinski definition) is 0. The molecule has 0 atom stereocenters. The molecule has 0 spiro atoms. The van der Waals surface area contributed by atoms with Gasteiger partial charge in [0.15, 0.2) is 0 Å². The van der Waals surface area contributed by atoms with Crippen molar-refractivity contribution >= 4 is 0 Å². The molecule has 96 valence electrons. The van der Waals surface area contributed by atoms with E-state index in [4.69, 9.17) is 9.47 Å². The van der Waals surface area contributed by atoms with Crippen molar-refractivity contribution in [1.82, 2.24) is 0 Å². The fourth-order valence-corrected chi connectivity index (χ4v) is 2.37. The van der Waals surface area contributed by atoms with Gasteiger partial charge < -0.3 is 9.47 Å². The van der Waals surface area contributed by atoms with Gasteiger partial charge in [-0.2, -0.15) is 0 Å². The Balaban J connectivity index is 3.25. The SMILES string of the molecule is CCCC(C)(C)c1c(OC)cccc1OCC. The number of ether oxygens (including phenoxy) is 2. The predicted molar refractivity (Wildman–Crippen MR) is 72.1 cm³/mol. The largest absolute Gasteiger partial charge is 0.496 e. The Morgan fingerprint density at radius 1 is 1.12 bits per heavy atom. The average molecular weight is 236 g/mol. The third-order valence-corrected chi connectivity index (χ3v) is 3.06. The van der Waals surface area contributed by atoms with Crippen LogP contribution in [-0.4, -0.2) is 13.7 Å². The fraction of sp³-hybridized carbons (Fsp3) is 0.600. The van der Waals surface area contributed by atoms with Gasteiger partial charge >= 0.3 is 0 Å². The monoisotopic (exact) mass is 236 g/mol. The summed E-state index contributed by atoms with van der Waals surface area (Å²) in [5.41, 5.74) is 1.26. The van der Waals surface area contributed by atoms with Crippen molar-refractivity contribution in [3.63, 3.8) is 0 Å². The summed E-state index contributed by atoms with van der Waals surface area (Å²) in [6, 6.07) is 6.02. The molecule has 0 heterocycles. The molecule has 0 N–H and O–H groups in total. The van der Waals surface area contributed by atoms with E-state index < -0.39 is 0 Å².